The minimum atomic E-state index is -0.288. The standard InChI is InChI=1S/C20H30N2O3/c1-4-25-18-12-17(23)20(18)7-9-22(10-8-20)19(24)21-13-16-6-5-14(2)11-15(16)3/h5-6,11,17-18,23H,4,7-10,12-13H2,1-3H3,(H,21,24). The number of hydrogen-bond acceptors (Lipinski definition) is 3. The molecule has 1 saturated heterocycles. The zero-order valence-corrected chi connectivity index (χ0v) is 15.5. The van der Waals surface area contributed by atoms with E-state index in [4.69, 9.17) is 4.74 Å². The smallest absolute Gasteiger partial charge is 0.317 e. The van der Waals surface area contributed by atoms with Gasteiger partial charge in [-0.25, -0.2) is 4.79 Å². The van der Waals surface area contributed by atoms with Gasteiger partial charge in [0.15, 0.2) is 0 Å². The van der Waals surface area contributed by atoms with Gasteiger partial charge in [0.2, 0.25) is 0 Å². The van der Waals surface area contributed by atoms with Gasteiger partial charge in [0.05, 0.1) is 12.2 Å². The van der Waals surface area contributed by atoms with Gasteiger partial charge in [0.1, 0.15) is 0 Å². The SMILES string of the molecule is CCOC1CC(O)C12CCN(C(=O)NCc1ccc(C)cc1C)CC2. The van der Waals surface area contributed by atoms with E-state index in [0.29, 0.717) is 26.2 Å². The number of nitrogens with zero attached hydrogens (tertiary/aromatic N) is 1. The zero-order valence-electron chi connectivity index (χ0n) is 15.5. The van der Waals surface area contributed by atoms with Crippen LogP contribution in [0.2, 0.25) is 0 Å². The predicted molar refractivity (Wildman–Crippen MR) is 97.4 cm³/mol. The number of aryl methyl sites for hydroxylation is 2. The van der Waals surface area contributed by atoms with E-state index in [2.05, 4.69) is 37.4 Å². The van der Waals surface area contributed by atoms with Gasteiger partial charge in [0, 0.05) is 38.1 Å². The van der Waals surface area contributed by atoms with E-state index in [9.17, 15) is 9.90 Å². The Morgan fingerprint density at radius 3 is 2.68 bits per heavy atom. The first-order valence-corrected chi connectivity index (χ1v) is 9.35. The van der Waals surface area contributed by atoms with Crippen LogP contribution in [0.4, 0.5) is 4.79 Å². The highest BCUT2D eigenvalue weighted by molar-refractivity contribution is 5.74. The average molecular weight is 346 g/mol. The Balaban J connectivity index is 1.52. The molecule has 1 aliphatic heterocycles. The van der Waals surface area contributed by atoms with E-state index in [1.54, 1.807) is 0 Å². The normalized spacial score (nSPS) is 24.9. The van der Waals surface area contributed by atoms with Gasteiger partial charge in [0.25, 0.3) is 0 Å². The number of carbonyl (C=O) groups excluding carboxylic acids is 1. The molecule has 1 aromatic carbocycles. The molecule has 2 unspecified atom stereocenters. The monoisotopic (exact) mass is 346 g/mol. The summed E-state index contributed by atoms with van der Waals surface area (Å²) in [7, 11) is 0. The maximum absolute atomic E-state index is 12.5. The summed E-state index contributed by atoms with van der Waals surface area (Å²) in [6.45, 7) is 8.73. The molecule has 1 aliphatic carbocycles. The molecule has 2 amide bonds. The summed E-state index contributed by atoms with van der Waals surface area (Å²) in [5.74, 6) is 0. The van der Waals surface area contributed by atoms with Crippen molar-refractivity contribution in [2.75, 3.05) is 19.7 Å². The molecular formula is C20H30N2O3. The zero-order chi connectivity index (χ0) is 18.0. The Kier molecular flexibility index (Phi) is 5.35. The van der Waals surface area contributed by atoms with Crippen molar-refractivity contribution in [2.45, 2.75) is 58.8 Å². The number of aliphatic hydroxyl groups excluding tert-OH is 1. The summed E-state index contributed by atoms with van der Waals surface area (Å²) < 4.78 is 5.79. The van der Waals surface area contributed by atoms with Crippen molar-refractivity contribution in [3.05, 3.63) is 34.9 Å². The summed E-state index contributed by atoms with van der Waals surface area (Å²) >= 11 is 0. The average Bonchev–Trinajstić information content (AvgIpc) is 2.61. The Bertz CT molecular complexity index is 621. The molecule has 138 valence electrons. The molecule has 0 aromatic heterocycles. The second kappa shape index (κ2) is 7.34. The van der Waals surface area contributed by atoms with Crippen LogP contribution in [0.1, 0.15) is 42.9 Å². The highest BCUT2D eigenvalue weighted by Gasteiger charge is 2.56. The van der Waals surface area contributed by atoms with Gasteiger partial charge in [-0.2, -0.15) is 0 Å². The van der Waals surface area contributed by atoms with E-state index >= 15 is 0 Å². The molecule has 2 N–H and O–H groups in total. The second-order valence-corrected chi connectivity index (χ2v) is 7.50. The minimum absolute atomic E-state index is 0.0170. The number of aliphatic hydroxyl groups is 1. The van der Waals surface area contributed by atoms with Crippen molar-refractivity contribution >= 4 is 6.03 Å². The molecule has 0 radical (unpaired) electrons. The number of rotatable bonds is 4. The number of hydrogen-bond donors (Lipinski definition) is 2. The predicted octanol–water partition coefficient (Wildman–Crippen LogP) is 2.76. The van der Waals surface area contributed by atoms with Crippen molar-refractivity contribution < 1.29 is 14.6 Å². The van der Waals surface area contributed by atoms with Crippen LogP contribution in [0.5, 0.6) is 0 Å². The fourth-order valence-corrected chi connectivity index (χ4v) is 4.27. The van der Waals surface area contributed by atoms with Crippen molar-refractivity contribution in [1.29, 1.82) is 0 Å². The quantitative estimate of drug-likeness (QED) is 0.881. The van der Waals surface area contributed by atoms with Gasteiger partial charge in [-0.05, 0) is 44.7 Å². The summed E-state index contributed by atoms with van der Waals surface area (Å²) in [6, 6.07) is 6.27. The van der Waals surface area contributed by atoms with E-state index in [1.807, 2.05) is 11.8 Å². The highest BCUT2D eigenvalue weighted by Crippen LogP contribution is 2.50. The molecular weight excluding hydrogens is 316 g/mol. The minimum Gasteiger partial charge on any atom is -0.392 e. The van der Waals surface area contributed by atoms with Crippen LogP contribution in [0, 0.1) is 19.3 Å². The molecule has 2 aliphatic rings. The van der Waals surface area contributed by atoms with Crippen molar-refractivity contribution in [1.82, 2.24) is 10.2 Å². The number of likely N-dealkylation sites (tertiary alicyclic amines) is 1. The number of amides is 2. The lowest BCUT2D eigenvalue weighted by Gasteiger charge is -2.56. The Labute approximate surface area is 150 Å². The number of urea groups is 1. The molecule has 1 spiro atoms. The number of ether oxygens (including phenoxy) is 1. The van der Waals surface area contributed by atoms with Gasteiger partial charge in [-0.3, -0.25) is 0 Å². The van der Waals surface area contributed by atoms with E-state index in [1.165, 1.54) is 11.1 Å². The molecule has 1 aromatic rings. The van der Waals surface area contributed by atoms with Crippen LogP contribution in [0.15, 0.2) is 18.2 Å². The lowest BCUT2D eigenvalue weighted by atomic mass is 9.58. The lowest BCUT2D eigenvalue weighted by Crippen LogP contribution is -2.63. The first-order valence-electron chi connectivity index (χ1n) is 9.35. The molecule has 5 nitrogen and oxygen atoms in total. The first-order chi connectivity index (χ1) is 12.0. The van der Waals surface area contributed by atoms with Gasteiger partial charge in [-0.15, -0.1) is 0 Å². The van der Waals surface area contributed by atoms with Crippen molar-refractivity contribution in [2.24, 2.45) is 5.41 Å². The summed E-state index contributed by atoms with van der Waals surface area (Å²) in [5.41, 5.74) is 3.45. The Morgan fingerprint density at radius 1 is 1.36 bits per heavy atom. The fourth-order valence-electron chi connectivity index (χ4n) is 4.27. The van der Waals surface area contributed by atoms with Crippen LogP contribution < -0.4 is 5.32 Å². The number of piperidine rings is 1. The molecule has 3 rings (SSSR count). The molecule has 25 heavy (non-hydrogen) atoms. The summed E-state index contributed by atoms with van der Waals surface area (Å²) in [5, 5.41) is 13.3. The topological polar surface area (TPSA) is 61.8 Å². The maximum Gasteiger partial charge on any atom is 0.317 e. The highest BCUT2D eigenvalue weighted by atomic mass is 16.5. The largest absolute Gasteiger partial charge is 0.392 e. The number of benzene rings is 1. The maximum atomic E-state index is 12.5. The molecule has 2 fully saturated rings. The number of nitrogens with one attached hydrogen (secondary N) is 1. The summed E-state index contributed by atoms with van der Waals surface area (Å²) in [6.07, 6.45) is 2.22. The van der Waals surface area contributed by atoms with Crippen molar-refractivity contribution in [3.63, 3.8) is 0 Å². The van der Waals surface area contributed by atoms with Gasteiger partial charge >= 0.3 is 6.03 Å². The van der Waals surface area contributed by atoms with Crippen LogP contribution >= 0.6 is 0 Å². The van der Waals surface area contributed by atoms with Crippen molar-refractivity contribution in [3.8, 4) is 0 Å². The summed E-state index contributed by atoms with van der Waals surface area (Å²) in [4.78, 5) is 14.3. The third-order valence-electron chi connectivity index (χ3n) is 6.02. The fraction of sp³-hybridized carbons (Fsp3) is 0.650. The molecule has 1 saturated carbocycles. The van der Waals surface area contributed by atoms with E-state index < -0.39 is 0 Å². The van der Waals surface area contributed by atoms with Crippen LogP contribution in [-0.2, 0) is 11.3 Å². The van der Waals surface area contributed by atoms with E-state index in [-0.39, 0.29) is 23.7 Å². The Morgan fingerprint density at radius 2 is 2.08 bits per heavy atom. The first kappa shape index (κ1) is 18.2. The van der Waals surface area contributed by atoms with Crippen LogP contribution in [-0.4, -0.2) is 47.9 Å². The Hall–Kier alpha value is -1.59. The third kappa shape index (κ3) is 3.53. The molecule has 2 atom stereocenters. The number of carbonyl (C=O) groups is 1. The van der Waals surface area contributed by atoms with Crippen LogP contribution in [0.3, 0.4) is 0 Å². The van der Waals surface area contributed by atoms with E-state index in [0.717, 1.165) is 24.8 Å². The third-order valence-corrected chi connectivity index (χ3v) is 6.02. The second-order valence-electron chi connectivity index (χ2n) is 7.50. The molecule has 0 bridgehead atoms. The molecule has 5 heteroatoms. The lowest BCUT2D eigenvalue weighted by molar-refractivity contribution is -0.207. The van der Waals surface area contributed by atoms with Gasteiger partial charge < -0.3 is 20.1 Å². The van der Waals surface area contributed by atoms with Gasteiger partial charge in [-0.1, -0.05) is 23.8 Å². The van der Waals surface area contributed by atoms with Crippen LogP contribution in [0.25, 0.3) is 0 Å². The molecule has 1 heterocycles.